The Kier molecular flexibility index (Phi) is 6.68. The van der Waals surface area contributed by atoms with E-state index >= 15 is 0 Å². The highest BCUT2D eigenvalue weighted by molar-refractivity contribution is 5.87. The van der Waals surface area contributed by atoms with Crippen LogP contribution >= 0.6 is 0 Å². The van der Waals surface area contributed by atoms with Crippen molar-refractivity contribution in [2.75, 3.05) is 13.2 Å². The molecule has 5 N–H and O–H groups in total. The number of fused-ring (bicyclic) bond motifs is 3. The van der Waals surface area contributed by atoms with E-state index in [-0.39, 0.29) is 6.61 Å². The zero-order valence-corrected chi connectivity index (χ0v) is 18.6. The number of ether oxygens (including phenoxy) is 5. The Morgan fingerprint density at radius 3 is 2.54 bits per heavy atom. The summed E-state index contributed by atoms with van der Waals surface area (Å²) >= 11 is 0. The van der Waals surface area contributed by atoms with Crippen LogP contribution in [0, 0.1) is 11.8 Å². The van der Waals surface area contributed by atoms with Crippen LogP contribution in [0.25, 0.3) is 6.08 Å². The second-order valence-corrected chi connectivity index (χ2v) is 9.10. The third-order valence-electron chi connectivity index (χ3n) is 7.05. The lowest BCUT2D eigenvalue weighted by molar-refractivity contribution is -0.344. The Morgan fingerprint density at radius 2 is 1.80 bits per heavy atom. The van der Waals surface area contributed by atoms with Gasteiger partial charge >= 0.3 is 5.97 Å². The number of esters is 1. The van der Waals surface area contributed by atoms with Crippen molar-refractivity contribution in [2.24, 2.45) is 11.8 Å². The van der Waals surface area contributed by atoms with E-state index < -0.39 is 79.2 Å². The Bertz CT molecular complexity index is 967. The van der Waals surface area contributed by atoms with E-state index in [1.165, 1.54) is 12.3 Å². The molecule has 11 nitrogen and oxygen atoms in total. The summed E-state index contributed by atoms with van der Waals surface area (Å²) in [5.41, 5.74) is -0.248. The molecule has 1 aromatic rings. The van der Waals surface area contributed by atoms with Gasteiger partial charge in [-0.15, -0.1) is 0 Å². The zero-order valence-electron chi connectivity index (χ0n) is 18.6. The van der Waals surface area contributed by atoms with E-state index in [9.17, 15) is 30.3 Å². The summed E-state index contributed by atoms with van der Waals surface area (Å²) < 4.78 is 27.7. The maximum Gasteiger partial charge on any atom is 0.330 e. The number of epoxide rings is 1. The van der Waals surface area contributed by atoms with Gasteiger partial charge < -0.3 is 49.2 Å². The lowest BCUT2D eigenvalue weighted by Gasteiger charge is -2.43. The first-order chi connectivity index (χ1) is 16.9. The highest BCUT2D eigenvalue weighted by atomic mass is 16.8. The van der Waals surface area contributed by atoms with Gasteiger partial charge in [0, 0.05) is 12.0 Å². The number of rotatable bonds is 7. The van der Waals surface area contributed by atoms with Crippen molar-refractivity contribution in [2.45, 2.75) is 54.8 Å². The topological polar surface area (TPSA) is 168 Å². The van der Waals surface area contributed by atoms with Gasteiger partial charge in [0.1, 0.15) is 42.7 Å². The number of carbonyl (C=O) groups excluding carboxylic acids is 1. The van der Waals surface area contributed by atoms with Crippen molar-refractivity contribution in [1.82, 2.24) is 0 Å². The van der Waals surface area contributed by atoms with Gasteiger partial charge in [-0.3, -0.25) is 0 Å². The van der Waals surface area contributed by atoms with Crippen molar-refractivity contribution < 1.29 is 54.0 Å². The molecule has 2 saturated heterocycles. The molecule has 190 valence electrons. The maximum absolute atomic E-state index is 12.1. The molecule has 3 fully saturated rings. The van der Waals surface area contributed by atoms with Gasteiger partial charge in [0.25, 0.3) is 0 Å². The quantitative estimate of drug-likeness (QED) is 0.174. The Hall–Kier alpha value is -2.35. The van der Waals surface area contributed by atoms with Crippen LogP contribution in [0.15, 0.2) is 48.7 Å². The van der Waals surface area contributed by atoms with Crippen molar-refractivity contribution in [3.63, 3.8) is 0 Å². The first-order valence-corrected chi connectivity index (χ1v) is 11.4. The highest BCUT2D eigenvalue weighted by Crippen LogP contribution is 2.59. The van der Waals surface area contributed by atoms with Gasteiger partial charge in [0.15, 0.2) is 6.29 Å². The van der Waals surface area contributed by atoms with Crippen molar-refractivity contribution in [3.05, 3.63) is 54.3 Å². The van der Waals surface area contributed by atoms with Gasteiger partial charge in [0.2, 0.25) is 6.29 Å². The minimum Gasteiger partial charge on any atom is -0.472 e. The van der Waals surface area contributed by atoms with Crippen LogP contribution in [0.4, 0.5) is 0 Å². The molecule has 1 aliphatic carbocycles. The van der Waals surface area contributed by atoms with Crippen LogP contribution in [0.1, 0.15) is 5.56 Å². The number of hydrogen-bond donors (Lipinski definition) is 5. The molecule has 11 atom stereocenters. The number of benzene rings is 1. The summed E-state index contributed by atoms with van der Waals surface area (Å²) in [5, 5.41) is 51.5. The van der Waals surface area contributed by atoms with Gasteiger partial charge in [-0.05, 0) is 17.7 Å². The van der Waals surface area contributed by atoms with Gasteiger partial charge in [0.05, 0.1) is 24.9 Å². The molecule has 0 unspecified atom stereocenters. The molecule has 0 amide bonds. The molecule has 3 heterocycles. The molecule has 11 heteroatoms. The fourth-order valence-corrected chi connectivity index (χ4v) is 5.10. The molecule has 0 spiro atoms. The monoisotopic (exact) mass is 492 g/mol. The smallest absolute Gasteiger partial charge is 0.330 e. The Labute approximate surface area is 200 Å². The third-order valence-corrected chi connectivity index (χ3v) is 7.05. The predicted octanol–water partition coefficient (Wildman–Crippen LogP) is -1.33. The molecule has 1 saturated carbocycles. The average Bonchev–Trinajstić information content (AvgIpc) is 3.57. The fourth-order valence-electron chi connectivity index (χ4n) is 5.10. The molecule has 0 bridgehead atoms. The van der Waals surface area contributed by atoms with Gasteiger partial charge in [-0.2, -0.15) is 0 Å². The number of aliphatic hydroxyl groups excluding tert-OH is 5. The maximum atomic E-state index is 12.1. The molecule has 1 aromatic carbocycles. The lowest BCUT2D eigenvalue weighted by Crippen LogP contribution is -2.60. The minimum absolute atomic E-state index is 0.364. The van der Waals surface area contributed by atoms with Crippen LogP contribution in [-0.4, -0.2) is 99.5 Å². The average molecular weight is 492 g/mol. The fraction of sp³-hybridized carbons (Fsp3) is 0.542. The molecule has 0 aromatic heterocycles. The van der Waals surface area contributed by atoms with E-state index in [4.69, 9.17) is 23.7 Å². The highest BCUT2D eigenvalue weighted by Gasteiger charge is 2.75. The summed E-state index contributed by atoms with van der Waals surface area (Å²) in [6, 6.07) is 9.11. The van der Waals surface area contributed by atoms with Crippen LogP contribution in [0.2, 0.25) is 0 Å². The first kappa shape index (κ1) is 24.3. The van der Waals surface area contributed by atoms with Crippen LogP contribution < -0.4 is 0 Å². The summed E-state index contributed by atoms with van der Waals surface area (Å²) in [4.78, 5) is 12.1. The zero-order chi connectivity index (χ0) is 24.7. The van der Waals surface area contributed by atoms with E-state index in [2.05, 4.69) is 0 Å². The summed E-state index contributed by atoms with van der Waals surface area (Å²) in [5.74, 6) is -1.70. The number of carbonyl (C=O) groups is 1. The van der Waals surface area contributed by atoms with Gasteiger partial charge in [-0.25, -0.2) is 4.79 Å². The second-order valence-electron chi connectivity index (χ2n) is 9.10. The number of aliphatic hydroxyl groups is 5. The standard InChI is InChI=1S/C24H28O11/c25-11-24-16-13(17(27)21(24)35-24)8-9-31-22(16)34-23-20(30)19(29)18(28)14(33-23)10-32-15(26)7-6-12-4-2-1-3-5-12/h1-9,13-14,16-23,25,27-30H,10-11H2/t13-,14+,16-,17-,18+,19-,20+,21+,22-,23-,24-/m0/s1. The Morgan fingerprint density at radius 1 is 1.03 bits per heavy atom. The number of hydrogen-bond acceptors (Lipinski definition) is 11. The van der Waals surface area contributed by atoms with E-state index in [0.29, 0.717) is 0 Å². The normalized spacial score (nSPS) is 43.9. The molecule has 5 rings (SSSR count). The van der Waals surface area contributed by atoms with E-state index in [1.807, 2.05) is 30.3 Å². The predicted molar refractivity (Wildman–Crippen MR) is 116 cm³/mol. The molecular weight excluding hydrogens is 464 g/mol. The van der Waals surface area contributed by atoms with Crippen molar-refractivity contribution in [1.29, 1.82) is 0 Å². The second kappa shape index (κ2) is 9.60. The molecule has 3 aliphatic heterocycles. The summed E-state index contributed by atoms with van der Waals surface area (Å²) in [6.07, 6.45) is -4.23. The van der Waals surface area contributed by atoms with Crippen LogP contribution in [0.5, 0.6) is 0 Å². The SMILES string of the molecule is O=C(C=Cc1ccccc1)OC[C@H]1O[C@@H](O[C@@H]2OC=C[C@@H]3[C@H](O)[C@H]4O[C@@]4(CO)[C@H]23)[C@H](O)[C@@H](O)[C@@H]1O. The van der Waals surface area contributed by atoms with Crippen LogP contribution in [0.3, 0.4) is 0 Å². The summed E-state index contributed by atoms with van der Waals surface area (Å²) in [6.45, 7) is -0.776. The first-order valence-electron chi connectivity index (χ1n) is 11.4. The molecule has 4 aliphatic rings. The third kappa shape index (κ3) is 4.39. The Balaban J connectivity index is 1.22. The molecular formula is C24H28O11. The lowest BCUT2D eigenvalue weighted by atomic mass is 9.85. The van der Waals surface area contributed by atoms with E-state index in [0.717, 1.165) is 5.56 Å². The van der Waals surface area contributed by atoms with Crippen LogP contribution in [-0.2, 0) is 28.5 Å². The van der Waals surface area contributed by atoms with Gasteiger partial charge in [-0.1, -0.05) is 30.3 Å². The van der Waals surface area contributed by atoms with Crippen molar-refractivity contribution in [3.8, 4) is 0 Å². The van der Waals surface area contributed by atoms with E-state index in [1.54, 1.807) is 12.2 Å². The minimum atomic E-state index is -1.65. The molecule has 35 heavy (non-hydrogen) atoms. The molecule has 0 radical (unpaired) electrons. The van der Waals surface area contributed by atoms with Crippen molar-refractivity contribution >= 4 is 12.0 Å². The summed E-state index contributed by atoms with van der Waals surface area (Å²) in [7, 11) is 0. The largest absolute Gasteiger partial charge is 0.472 e.